The zero-order valence-electron chi connectivity index (χ0n) is 10.7. The molecular formula is C15H17FN2O. The van der Waals surface area contributed by atoms with Crippen LogP contribution in [0.1, 0.15) is 24.8 Å². The van der Waals surface area contributed by atoms with Gasteiger partial charge in [-0.25, -0.2) is 4.39 Å². The van der Waals surface area contributed by atoms with E-state index >= 15 is 0 Å². The first kappa shape index (κ1) is 13.6. The van der Waals surface area contributed by atoms with E-state index < -0.39 is 6.04 Å². The molecule has 0 bridgehead atoms. The van der Waals surface area contributed by atoms with Gasteiger partial charge < -0.3 is 10.6 Å². The molecule has 1 fully saturated rings. The zero-order chi connectivity index (χ0) is 13.8. The van der Waals surface area contributed by atoms with Gasteiger partial charge in [-0.1, -0.05) is 12.1 Å². The van der Waals surface area contributed by atoms with Crippen molar-refractivity contribution in [2.24, 2.45) is 5.73 Å². The van der Waals surface area contributed by atoms with Gasteiger partial charge in [-0.2, -0.15) is 0 Å². The van der Waals surface area contributed by atoms with Crippen LogP contribution in [0.3, 0.4) is 0 Å². The highest BCUT2D eigenvalue weighted by molar-refractivity contribution is 5.82. The molecule has 1 aromatic carbocycles. The van der Waals surface area contributed by atoms with E-state index in [2.05, 4.69) is 5.92 Å². The van der Waals surface area contributed by atoms with E-state index in [9.17, 15) is 9.18 Å². The standard InChI is InChI=1S/C15H17FN2O/c1-2-3-14(17)15(19)18(13-8-9-13)10-11-4-6-12(16)7-5-11/h1,4-7,13-14H,3,8-10,17H2. The molecule has 0 heterocycles. The molecule has 3 nitrogen and oxygen atoms in total. The van der Waals surface area contributed by atoms with Gasteiger partial charge in [0.25, 0.3) is 0 Å². The van der Waals surface area contributed by atoms with Crippen LogP contribution in [0.15, 0.2) is 24.3 Å². The Morgan fingerprint density at radius 2 is 2.11 bits per heavy atom. The van der Waals surface area contributed by atoms with E-state index in [-0.39, 0.29) is 24.2 Å². The van der Waals surface area contributed by atoms with Crippen molar-refractivity contribution in [1.29, 1.82) is 0 Å². The number of benzene rings is 1. The maximum Gasteiger partial charge on any atom is 0.241 e. The van der Waals surface area contributed by atoms with Gasteiger partial charge in [0.1, 0.15) is 5.82 Å². The Morgan fingerprint density at radius 3 is 2.63 bits per heavy atom. The van der Waals surface area contributed by atoms with Crippen molar-refractivity contribution < 1.29 is 9.18 Å². The zero-order valence-corrected chi connectivity index (χ0v) is 10.7. The molecule has 2 N–H and O–H groups in total. The summed E-state index contributed by atoms with van der Waals surface area (Å²) in [5, 5.41) is 0. The molecule has 1 aliphatic carbocycles. The highest BCUT2D eigenvalue weighted by Gasteiger charge is 2.34. The Kier molecular flexibility index (Phi) is 4.18. The van der Waals surface area contributed by atoms with Gasteiger partial charge in [-0.3, -0.25) is 4.79 Å². The summed E-state index contributed by atoms with van der Waals surface area (Å²) in [5.41, 5.74) is 6.68. The minimum Gasteiger partial charge on any atom is -0.334 e. The van der Waals surface area contributed by atoms with E-state index in [1.165, 1.54) is 12.1 Å². The van der Waals surface area contributed by atoms with Crippen molar-refractivity contribution in [2.45, 2.75) is 37.9 Å². The number of hydrogen-bond donors (Lipinski definition) is 1. The summed E-state index contributed by atoms with van der Waals surface area (Å²) in [6.07, 6.45) is 7.42. The Bertz CT molecular complexity index is 488. The molecule has 0 spiro atoms. The lowest BCUT2D eigenvalue weighted by molar-refractivity contribution is -0.133. The van der Waals surface area contributed by atoms with Crippen LogP contribution in [0, 0.1) is 18.2 Å². The van der Waals surface area contributed by atoms with Crippen molar-refractivity contribution in [3.8, 4) is 12.3 Å². The predicted octanol–water partition coefficient (Wildman–Crippen LogP) is 1.67. The molecule has 1 unspecified atom stereocenters. The van der Waals surface area contributed by atoms with Crippen molar-refractivity contribution in [1.82, 2.24) is 4.90 Å². The van der Waals surface area contributed by atoms with Crippen LogP contribution >= 0.6 is 0 Å². The molecule has 1 amide bonds. The molecule has 100 valence electrons. The minimum atomic E-state index is -0.647. The smallest absolute Gasteiger partial charge is 0.241 e. The third kappa shape index (κ3) is 3.55. The van der Waals surface area contributed by atoms with E-state index in [1.807, 2.05) is 0 Å². The molecule has 1 saturated carbocycles. The number of hydrogen-bond acceptors (Lipinski definition) is 2. The summed E-state index contributed by atoms with van der Waals surface area (Å²) in [4.78, 5) is 14.0. The van der Waals surface area contributed by atoms with E-state index in [4.69, 9.17) is 12.2 Å². The van der Waals surface area contributed by atoms with Gasteiger partial charge in [0.15, 0.2) is 0 Å². The van der Waals surface area contributed by atoms with E-state index in [0.717, 1.165) is 18.4 Å². The van der Waals surface area contributed by atoms with Crippen LogP contribution in [0.2, 0.25) is 0 Å². The first-order valence-electron chi connectivity index (χ1n) is 6.36. The number of carbonyl (C=O) groups excluding carboxylic acids is 1. The van der Waals surface area contributed by atoms with Gasteiger partial charge in [0.2, 0.25) is 5.91 Å². The SMILES string of the molecule is C#CCC(N)C(=O)N(Cc1ccc(F)cc1)C1CC1. The number of amides is 1. The van der Waals surface area contributed by atoms with E-state index in [0.29, 0.717) is 6.54 Å². The van der Waals surface area contributed by atoms with Gasteiger partial charge in [0.05, 0.1) is 6.04 Å². The van der Waals surface area contributed by atoms with Crippen LogP contribution in [-0.2, 0) is 11.3 Å². The highest BCUT2D eigenvalue weighted by atomic mass is 19.1. The topological polar surface area (TPSA) is 46.3 Å². The average Bonchev–Trinajstić information content (AvgIpc) is 3.22. The fraction of sp³-hybridized carbons (Fsp3) is 0.400. The maximum absolute atomic E-state index is 12.9. The van der Waals surface area contributed by atoms with Gasteiger partial charge >= 0.3 is 0 Å². The summed E-state index contributed by atoms with van der Waals surface area (Å²) in [5.74, 6) is 2.01. The van der Waals surface area contributed by atoms with E-state index in [1.54, 1.807) is 17.0 Å². The van der Waals surface area contributed by atoms with Crippen molar-refractivity contribution in [2.75, 3.05) is 0 Å². The molecular weight excluding hydrogens is 243 g/mol. The summed E-state index contributed by atoms with van der Waals surface area (Å²) < 4.78 is 12.9. The summed E-state index contributed by atoms with van der Waals surface area (Å²) in [6.45, 7) is 0.460. The van der Waals surface area contributed by atoms with Crippen molar-refractivity contribution in [3.63, 3.8) is 0 Å². The fourth-order valence-electron chi connectivity index (χ4n) is 1.99. The molecule has 0 aromatic heterocycles. The second kappa shape index (κ2) is 5.85. The Balaban J connectivity index is 2.06. The molecule has 0 radical (unpaired) electrons. The molecule has 1 atom stereocenters. The monoisotopic (exact) mass is 260 g/mol. The summed E-state index contributed by atoms with van der Waals surface area (Å²) in [7, 11) is 0. The average molecular weight is 260 g/mol. The van der Waals surface area contributed by atoms with Crippen LogP contribution in [0.4, 0.5) is 4.39 Å². The lowest BCUT2D eigenvalue weighted by Crippen LogP contribution is -2.44. The molecule has 0 saturated heterocycles. The Morgan fingerprint density at radius 1 is 1.47 bits per heavy atom. The molecule has 1 aromatic rings. The number of nitrogens with zero attached hydrogens (tertiary/aromatic N) is 1. The van der Waals surface area contributed by atoms with Crippen LogP contribution in [0.25, 0.3) is 0 Å². The molecule has 0 aliphatic heterocycles. The predicted molar refractivity (Wildman–Crippen MR) is 71.4 cm³/mol. The second-order valence-corrected chi connectivity index (χ2v) is 4.84. The van der Waals surface area contributed by atoms with Crippen LogP contribution < -0.4 is 5.73 Å². The summed E-state index contributed by atoms with van der Waals surface area (Å²) >= 11 is 0. The maximum atomic E-state index is 12.9. The second-order valence-electron chi connectivity index (χ2n) is 4.84. The van der Waals surface area contributed by atoms with Crippen LogP contribution in [0.5, 0.6) is 0 Å². The highest BCUT2D eigenvalue weighted by Crippen LogP contribution is 2.29. The first-order chi connectivity index (χ1) is 9.11. The molecule has 1 aliphatic rings. The third-order valence-electron chi connectivity index (χ3n) is 3.19. The minimum absolute atomic E-state index is 0.121. The molecule has 2 rings (SSSR count). The third-order valence-corrected chi connectivity index (χ3v) is 3.19. The number of terminal acetylenes is 1. The van der Waals surface area contributed by atoms with Crippen molar-refractivity contribution in [3.05, 3.63) is 35.6 Å². The van der Waals surface area contributed by atoms with Crippen molar-refractivity contribution >= 4 is 5.91 Å². The largest absolute Gasteiger partial charge is 0.334 e. The van der Waals surface area contributed by atoms with Gasteiger partial charge in [-0.05, 0) is 30.5 Å². The molecule has 4 heteroatoms. The first-order valence-corrected chi connectivity index (χ1v) is 6.36. The number of halogens is 1. The summed E-state index contributed by atoms with van der Waals surface area (Å²) in [6, 6.07) is 5.76. The lowest BCUT2D eigenvalue weighted by atomic mass is 10.1. The quantitative estimate of drug-likeness (QED) is 0.819. The van der Waals surface area contributed by atoms with Gasteiger partial charge in [-0.15, -0.1) is 12.3 Å². The van der Waals surface area contributed by atoms with Gasteiger partial charge in [0, 0.05) is 19.0 Å². The normalized spacial score (nSPS) is 15.6. The molecule has 19 heavy (non-hydrogen) atoms. The number of rotatable bonds is 5. The number of carbonyl (C=O) groups is 1. The number of nitrogens with two attached hydrogens (primary N) is 1. The van der Waals surface area contributed by atoms with Crippen LogP contribution in [-0.4, -0.2) is 22.9 Å². The Labute approximate surface area is 112 Å². The lowest BCUT2D eigenvalue weighted by Gasteiger charge is -2.25. The fourth-order valence-corrected chi connectivity index (χ4v) is 1.99. The Hall–Kier alpha value is -1.86.